The largest absolute Gasteiger partial charge is 0.310 e. The maximum absolute atomic E-state index is 2.68. The topological polar surface area (TPSA) is 13.0 Å². The zero-order valence-electron chi connectivity index (χ0n) is 59.5. The minimum absolute atomic E-state index is 0.303. The lowest BCUT2D eigenvalue weighted by molar-refractivity contribution is 1.24. The van der Waals surface area contributed by atoms with Gasteiger partial charge in [-0.25, -0.2) is 0 Å². The predicted molar refractivity (Wildman–Crippen MR) is 464 cm³/mol. The first-order valence-electron chi connectivity index (χ1n) is 37.7. The van der Waals surface area contributed by atoms with E-state index in [4.69, 9.17) is 0 Å². The van der Waals surface area contributed by atoms with Crippen molar-refractivity contribution in [3.63, 3.8) is 0 Å². The van der Waals surface area contributed by atoms with Crippen molar-refractivity contribution in [1.29, 1.82) is 0 Å². The summed E-state index contributed by atoms with van der Waals surface area (Å²) in [5.74, 6) is 0. The fourth-order valence-corrected chi connectivity index (χ4v) is 18.3. The summed E-state index contributed by atoms with van der Waals surface area (Å²) in [6.07, 6.45) is 0. The SMILES string of the molecule is c1ccc(-c2cc3c4c(c2)N(c2c(-c5ccccc5)cccc2-c2ccccc2)c2cc(N(c5ccccc5)c5ccc6ccc7cccc8ccc5c6c78)ccc2B4c2ccc(N(c4ccccc4)c4ccc5ccc6cccc7ccc4c5c67)cc2N3c2c(-c3ccccc3)cccc2-c2ccccc2)cc1. The van der Waals surface area contributed by atoms with Crippen molar-refractivity contribution in [2.45, 2.75) is 0 Å². The van der Waals surface area contributed by atoms with Crippen LogP contribution >= 0.6 is 0 Å². The molecule has 2 aliphatic rings. The summed E-state index contributed by atoms with van der Waals surface area (Å²) in [6.45, 7) is -0.303. The fourth-order valence-electron chi connectivity index (χ4n) is 18.3. The molecule has 20 aromatic carbocycles. The lowest BCUT2D eigenvalue weighted by Gasteiger charge is -2.46. The van der Waals surface area contributed by atoms with Crippen LogP contribution in [0.2, 0.25) is 0 Å². The van der Waals surface area contributed by atoms with E-state index in [-0.39, 0.29) is 6.71 Å². The molecule has 0 fully saturated rings. The van der Waals surface area contributed by atoms with Crippen LogP contribution in [0.15, 0.2) is 406 Å². The van der Waals surface area contributed by atoms with Crippen LogP contribution < -0.4 is 36.0 Å². The number of benzene rings is 20. The van der Waals surface area contributed by atoms with Gasteiger partial charge in [0.05, 0.1) is 22.7 Å². The lowest BCUT2D eigenvalue weighted by Crippen LogP contribution is -2.61. The fraction of sp³-hybridized carbons (Fsp3) is 0. The molecule has 0 atom stereocenters. The number of hydrogen-bond donors (Lipinski definition) is 0. The van der Waals surface area contributed by atoms with Crippen molar-refractivity contribution >= 4 is 156 Å². The van der Waals surface area contributed by atoms with E-state index in [1.54, 1.807) is 0 Å². The third-order valence-corrected chi connectivity index (χ3v) is 23.0. The van der Waals surface area contributed by atoms with Crippen LogP contribution in [0.5, 0.6) is 0 Å². The second kappa shape index (κ2) is 25.2. The van der Waals surface area contributed by atoms with Crippen LogP contribution in [0, 0.1) is 0 Å². The van der Waals surface area contributed by atoms with E-state index in [2.05, 4.69) is 426 Å². The molecule has 0 aromatic heterocycles. The maximum atomic E-state index is 2.68. The highest BCUT2D eigenvalue weighted by Crippen LogP contribution is 2.56. The summed E-state index contributed by atoms with van der Waals surface area (Å²) in [5.41, 5.74) is 27.7. The number of fused-ring (bicyclic) bond motifs is 4. The quantitative estimate of drug-likeness (QED) is 0.0842. The third kappa shape index (κ3) is 9.94. The Morgan fingerprint density at radius 2 is 0.505 bits per heavy atom. The number of rotatable bonds is 13. The lowest BCUT2D eigenvalue weighted by atomic mass is 9.33. The molecule has 0 unspecified atom stereocenters. The van der Waals surface area contributed by atoms with E-state index < -0.39 is 0 Å². The van der Waals surface area contributed by atoms with E-state index in [9.17, 15) is 0 Å². The summed E-state index contributed by atoms with van der Waals surface area (Å²) >= 11 is 0. The molecular formula is C104H67BN4. The van der Waals surface area contributed by atoms with Gasteiger partial charge >= 0.3 is 0 Å². The van der Waals surface area contributed by atoms with Gasteiger partial charge in [-0.3, -0.25) is 0 Å². The van der Waals surface area contributed by atoms with Gasteiger partial charge in [0.15, 0.2) is 0 Å². The van der Waals surface area contributed by atoms with Gasteiger partial charge in [0, 0.05) is 78.5 Å². The van der Waals surface area contributed by atoms with E-state index in [1.165, 1.54) is 81.0 Å². The summed E-state index contributed by atoms with van der Waals surface area (Å²) in [4.78, 5) is 10.4. The van der Waals surface area contributed by atoms with Crippen molar-refractivity contribution in [3.8, 4) is 55.6 Å². The summed E-state index contributed by atoms with van der Waals surface area (Å²) < 4.78 is 0. The van der Waals surface area contributed by atoms with Crippen molar-refractivity contribution < 1.29 is 0 Å². The Morgan fingerprint density at radius 1 is 0.202 bits per heavy atom. The number of hydrogen-bond acceptors (Lipinski definition) is 4. The van der Waals surface area contributed by atoms with Crippen LogP contribution in [-0.2, 0) is 0 Å². The molecule has 0 aliphatic carbocycles. The van der Waals surface area contributed by atoms with Gasteiger partial charge < -0.3 is 19.6 Å². The molecule has 20 aromatic rings. The van der Waals surface area contributed by atoms with Gasteiger partial charge in [0.25, 0.3) is 6.71 Å². The highest BCUT2D eigenvalue weighted by atomic mass is 15.2. The van der Waals surface area contributed by atoms with Gasteiger partial charge in [0.1, 0.15) is 0 Å². The van der Waals surface area contributed by atoms with E-state index >= 15 is 0 Å². The maximum Gasteiger partial charge on any atom is 0.252 e. The van der Waals surface area contributed by atoms with Gasteiger partial charge in [-0.15, -0.1) is 0 Å². The third-order valence-electron chi connectivity index (χ3n) is 23.0. The van der Waals surface area contributed by atoms with Crippen molar-refractivity contribution in [2.24, 2.45) is 0 Å². The van der Waals surface area contributed by atoms with Crippen LogP contribution in [0.3, 0.4) is 0 Å². The van der Waals surface area contributed by atoms with Crippen LogP contribution in [0.4, 0.5) is 68.2 Å². The average Bonchev–Trinajstić information content (AvgIpc) is 0.687. The van der Waals surface area contributed by atoms with Crippen LogP contribution in [0.1, 0.15) is 0 Å². The molecule has 4 nitrogen and oxygen atoms in total. The first kappa shape index (κ1) is 62.2. The molecule has 2 heterocycles. The zero-order chi connectivity index (χ0) is 71.6. The van der Waals surface area contributed by atoms with Crippen molar-refractivity contribution in [2.75, 3.05) is 19.6 Å². The number of para-hydroxylation sites is 4. The molecule has 5 heteroatoms. The summed E-state index contributed by atoms with van der Waals surface area (Å²) in [5, 5.41) is 14.9. The molecule has 0 saturated heterocycles. The molecule has 2 aliphatic heterocycles. The van der Waals surface area contributed by atoms with Gasteiger partial charge in [-0.2, -0.15) is 0 Å². The molecule has 0 saturated carbocycles. The van der Waals surface area contributed by atoms with Crippen molar-refractivity contribution in [1.82, 2.24) is 0 Å². The summed E-state index contributed by atoms with van der Waals surface area (Å²) in [7, 11) is 0. The van der Waals surface area contributed by atoms with E-state index in [0.717, 1.165) is 124 Å². The second-order valence-electron chi connectivity index (χ2n) is 29.0. The highest BCUT2D eigenvalue weighted by Gasteiger charge is 2.46. The van der Waals surface area contributed by atoms with Gasteiger partial charge in [0.2, 0.25) is 0 Å². The van der Waals surface area contributed by atoms with Crippen molar-refractivity contribution in [3.05, 3.63) is 406 Å². The molecule has 0 N–H and O–H groups in total. The molecule has 506 valence electrons. The second-order valence-corrected chi connectivity index (χ2v) is 29.0. The Labute approximate surface area is 633 Å². The first-order chi connectivity index (χ1) is 54.1. The Hall–Kier alpha value is -14.3. The normalized spacial score (nSPS) is 12.3. The Kier molecular flexibility index (Phi) is 14.4. The Bertz CT molecular complexity index is 6370. The Morgan fingerprint density at radius 3 is 0.862 bits per heavy atom. The average molecular weight is 1380 g/mol. The van der Waals surface area contributed by atoms with Crippen LogP contribution in [0.25, 0.3) is 120 Å². The molecule has 0 bridgehead atoms. The standard InChI is InChI=1S/C104H67BN4/c1-8-26-68(27-9-1)79-64-96-102-97(65-79)109(104-86(71-32-14-4-15-33-71)46-25-47-87(104)72-34-16-5-17-35-72)95-67-83(107(81-42-20-7-21-43-81)93-63-55-78-51-49-74-37-23-39-76-53-59-89(93)101(78)99(74)76)57-61-91(95)105(102)90-60-56-82(66-94(90)108(96)103-84(69-28-10-2-11-29-69)44-24-45-85(103)70-30-12-3-13-31-70)106(80-40-18-6-19-41-80)92-62-54-77-50-48-73-36-22-38-75-52-58-88(92)100(77)98(73)75/h1-67H. The molecule has 0 spiro atoms. The minimum atomic E-state index is -0.303. The monoisotopic (exact) mass is 1380 g/mol. The molecule has 0 amide bonds. The van der Waals surface area contributed by atoms with E-state index in [1.807, 2.05) is 0 Å². The summed E-state index contributed by atoms with van der Waals surface area (Å²) in [6, 6.07) is 152. The highest BCUT2D eigenvalue weighted by molar-refractivity contribution is 7.00. The Balaban J connectivity index is 0.887. The first-order valence-corrected chi connectivity index (χ1v) is 37.7. The molecule has 22 rings (SSSR count). The molecule has 0 radical (unpaired) electrons. The van der Waals surface area contributed by atoms with E-state index in [0.29, 0.717) is 0 Å². The molecule has 109 heavy (non-hydrogen) atoms. The zero-order valence-corrected chi connectivity index (χ0v) is 59.5. The smallest absolute Gasteiger partial charge is 0.252 e. The van der Waals surface area contributed by atoms with Crippen LogP contribution in [-0.4, -0.2) is 6.71 Å². The number of nitrogens with zero attached hydrogens (tertiary/aromatic N) is 4. The molecular weight excluding hydrogens is 1320 g/mol. The number of anilines is 12. The minimum Gasteiger partial charge on any atom is -0.310 e. The predicted octanol–water partition coefficient (Wildman–Crippen LogP) is 26.8. The van der Waals surface area contributed by atoms with Gasteiger partial charge in [-0.05, 0) is 176 Å². The van der Waals surface area contributed by atoms with Gasteiger partial charge in [-0.1, -0.05) is 334 Å².